The molecule has 1 unspecified atom stereocenters. The Hall–Kier alpha value is -1.72. The maximum absolute atomic E-state index is 12.6. The minimum atomic E-state index is -4.54. The van der Waals surface area contributed by atoms with E-state index in [1.165, 1.54) is 6.07 Å². The summed E-state index contributed by atoms with van der Waals surface area (Å²) < 4.78 is 37.9. The first-order valence-corrected chi connectivity index (χ1v) is 6.32. The molecule has 0 fully saturated rings. The molecule has 1 N–H and O–H groups in total. The van der Waals surface area contributed by atoms with Crippen LogP contribution < -0.4 is 4.90 Å². The summed E-state index contributed by atoms with van der Waals surface area (Å²) >= 11 is 0. The van der Waals surface area contributed by atoms with Crippen molar-refractivity contribution >= 4 is 11.7 Å². The van der Waals surface area contributed by atoms with E-state index in [2.05, 4.69) is 0 Å². The highest BCUT2D eigenvalue weighted by Gasteiger charge is 2.32. The van der Waals surface area contributed by atoms with Gasteiger partial charge in [0.25, 0.3) is 0 Å². The topological polar surface area (TPSA) is 40.5 Å². The molecule has 112 valence electrons. The minimum absolute atomic E-state index is 0.297. The number of carbonyl (C=O) groups is 1. The molecule has 0 spiro atoms. The molecule has 0 aromatic heterocycles. The average Bonchev–Trinajstić information content (AvgIpc) is 2.36. The molecular formula is C14H18F3NO2. The highest BCUT2D eigenvalue weighted by molar-refractivity contribution is 5.94. The molecule has 1 aromatic rings. The molecule has 3 nitrogen and oxygen atoms in total. The number of halogens is 3. The van der Waals surface area contributed by atoms with Crippen LogP contribution in [0.5, 0.6) is 0 Å². The first-order valence-electron chi connectivity index (χ1n) is 6.32. The van der Waals surface area contributed by atoms with Crippen LogP contribution in [-0.4, -0.2) is 24.7 Å². The van der Waals surface area contributed by atoms with Crippen molar-refractivity contribution in [1.29, 1.82) is 0 Å². The molecule has 0 saturated carbocycles. The van der Waals surface area contributed by atoms with Gasteiger partial charge in [0.1, 0.15) is 0 Å². The Kier molecular flexibility index (Phi) is 5.03. The molecule has 0 aliphatic heterocycles. The number of hydrogen-bond donors (Lipinski definition) is 1. The van der Waals surface area contributed by atoms with Crippen LogP contribution in [0.3, 0.4) is 0 Å². The maximum atomic E-state index is 12.6. The van der Waals surface area contributed by atoms with Crippen LogP contribution in [0.1, 0.15) is 36.2 Å². The van der Waals surface area contributed by atoms with Gasteiger partial charge >= 0.3 is 12.1 Å². The molecule has 0 saturated heterocycles. The third kappa shape index (κ3) is 3.88. The molecule has 0 radical (unpaired) electrons. The number of hydrogen-bond acceptors (Lipinski definition) is 2. The lowest BCUT2D eigenvalue weighted by molar-refractivity contribution is -0.137. The number of carboxylic acid groups (broad SMARTS) is 1. The van der Waals surface area contributed by atoms with Crippen molar-refractivity contribution in [2.75, 3.05) is 18.5 Å². The van der Waals surface area contributed by atoms with Gasteiger partial charge in [0.05, 0.1) is 16.8 Å². The van der Waals surface area contributed by atoms with Crippen LogP contribution in [0.2, 0.25) is 0 Å². The van der Waals surface area contributed by atoms with Gasteiger partial charge in [-0.05, 0) is 24.1 Å². The zero-order valence-corrected chi connectivity index (χ0v) is 11.7. The Morgan fingerprint density at radius 2 is 2.00 bits per heavy atom. The molecule has 1 aromatic carbocycles. The van der Waals surface area contributed by atoms with E-state index in [1.54, 1.807) is 11.9 Å². The van der Waals surface area contributed by atoms with E-state index >= 15 is 0 Å². The van der Waals surface area contributed by atoms with Gasteiger partial charge in [-0.25, -0.2) is 4.79 Å². The van der Waals surface area contributed by atoms with Gasteiger partial charge in [-0.15, -0.1) is 0 Å². The SMILES string of the molecule is CCC(C)CN(C)c1ccc(C(F)(F)F)cc1C(=O)O. The van der Waals surface area contributed by atoms with E-state index in [-0.39, 0.29) is 5.56 Å². The van der Waals surface area contributed by atoms with Gasteiger partial charge in [0, 0.05) is 13.6 Å². The fourth-order valence-electron chi connectivity index (χ4n) is 1.91. The van der Waals surface area contributed by atoms with Crippen LogP contribution in [0.15, 0.2) is 18.2 Å². The van der Waals surface area contributed by atoms with Crippen molar-refractivity contribution in [2.24, 2.45) is 5.92 Å². The van der Waals surface area contributed by atoms with E-state index in [0.29, 0.717) is 24.2 Å². The number of rotatable bonds is 5. The van der Waals surface area contributed by atoms with E-state index in [4.69, 9.17) is 5.11 Å². The van der Waals surface area contributed by atoms with E-state index in [9.17, 15) is 18.0 Å². The maximum Gasteiger partial charge on any atom is 0.416 e. The van der Waals surface area contributed by atoms with Crippen molar-refractivity contribution in [3.63, 3.8) is 0 Å². The molecule has 0 aliphatic carbocycles. The quantitative estimate of drug-likeness (QED) is 0.894. The van der Waals surface area contributed by atoms with Gasteiger partial charge in [0.15, 0.2) is 0 Å². The lowest BCUT2D eigenvalue weighted by Crippen LogP contribution is -2.25. The third-order valence-electron chi connectivity index (χ3n) is 3.25. The lowest BCUT2D eigenvalue weighted by Gasteiger charge is -2.25. The van der Waals surface area contributed by atoms with E-state index < -0.39 is 17.7 Å². The number of carboxylic acids is 1. The molecular weight excluding hydrogens is 271 g/mol. The number of anilines is 1. The Labute approximate surface area is 116 Å². The summed E-state index contributed by atoms with van der Waals surface area (Å²) in [5.74, 6) is -1.04. The molecule has 0 bridgehead atoms. The number of alkyl halides is 3. The molecule has 6 heteroatoms. The summed E-state index contributed by atoms with van der Waals surface area (Å²) in [6.45, 7) is 4.59. The number of nitrogens with zero attached hydrogens (tertiary/aromatic N) is 1. The second kappa shape index (κ2) is 6.15. The zero-order valence-electron chi connectivity index (χ0n) is 11.7. The summed E-state index contributed by atoms with van der Waals surface area (Å²) in [7, 11) is 1.68. The minimum Gasteiger partial charge on any atom is -0.478 e. The predicted octanol–water partition coefficient (Wildman–Crippen LogP) is 3.89. The second-order valence-corrected chi connectivity index (χ2v) is 4.93. The van der Waals surface area contributed by atoms with Crippen molar-refractivity contribution in [1.82, 2.24) is 0 Å². The van der Waals surface area contributed by atoms with Crippen molar-refractivity contribution < 1.29 is 23.1 Å². The van der Waals surface area contributed by atoms with Crippen LogP contribution in [-0.2, 0) is 6.18 Å². The van der Waals surface area contributed by atoms with Crippen LogP contribution >= 0.6 is 0 Å². The van der Waals surface area contributed by atoms with Gasteiger partial charge in [0.2, 0.25) is 0 Å². The van der Waals surface area contributed by atoms with Crippen molar-refractivity contribution in [3.8, 4) is 0 Å². The molecule has 0 aliphatic rings. The first kappa shape index (κ1) is 16.3. The lowest BCUT2D eigenvalue weighted by atomic mass is 10.0. The Bertz CT molecular complexity index is 486. The fraction of sp³-hybridized carbons (Fsp3) is 0.500. The zero-order chi connectivity index (χ0) is 15.5. The molecule has 1 rings (SSSR count). The number of aromatic carboxylic acids is 1. The average molecular weight is 289 g/mol. The Balaban J connectivity index is 3.17. The Morgan fingerprint density at radius 3 is 2.45 bits per heavy atom. The second-order valence-electron chi connectivity index (χ2n) is 4.93. The van der Waals surface area contributed by atoms with Crippen LogP contribution in [0, 0.1) is 5.92 Å². The predicted molar refractivity (Wildman–Crippen MR) is 71.1 cm³/mol. The van der Waals surface area contributed by atoms with Crippen LogP contribution in [0.25, 0.3) is 0 Å². The van der Waals surface area contributed by atoms with Gasteiger partial charge < -0.3 is 10.0 Å². The van der Waals surface area contributed by atoms with E-state index in [1.807, 2.05) is 13.8 Å². The van der Waals surface area contributed by atoms with Gasteiger partial charge in [-0.1, -0.05) is 20.3 Å². The highest BCUT2D eigenvalue weighted by atomic mass is 19.4. The first-order chi connectivity index (χ1) is 9.16. The summed E-state index contributed by atoms with van der Waals surface area (Å²) in [4.78, 5) is 12.8. The molecule has 1 atom stereocenters. The van der Waals surface area contributed by atoms with Gasteiger partial charge in [-0.3, -0.25) is 0 Å². The summed E-state index contributed by atoms with van der Waals surface area (Å²) in [6, 6.07) is 2.81. The molecule has 0 heterocycles. The highest BCUT2D eigenvalue weighted by Crippen LogP contribution is 2.33. The fourth-order valence-corrected chi connectivity index (χ4v) is 1.91. The van der Waals surface area contributed by atoms with Gasteiger partial charge in [-0.2, -0.15) is 13.2 Å². The van der Waals surface area contributed by atoms with E-state index in [0.717, 1.165) is 12.5 Å². The van der Waals surface area contributed by atoms with Crippen LogP contribution in [0.4, 0.5) is 18.9 Å². The Morgan fingerprint density at radius 1 is 1.40 bits per heavy atom. The summed E-state index contributed by atoms with van der Waals surface area (Å²) in [6.07, 6.45) is -3.63. The normalized spacial score (nSPS) is 13.1. The summed E-state index contributed by atoms with van der Waals surface area (Å²) in [5, 5.41) is 9.10. The molecule has 0 amide bonds. The molecule has 20 heavy (non-hydrogen) atoms. The third-order valence-corrected chi connectivity index (χ3v) is 3.25. The summed E-state index contributed by atoms with van der Waals surface area (Å²) in [5.41, 5.74) is -0.980. The van der Waals surface area contributed by atoms with Crippen molar-refractivity contribution in [3.05, 3.63) is 29.3 Å². The monoisotopic (exact) mass is 289 g/mol. The smallest absolute Gasteiger partial charge is 0.416 e. The largest absolute Gasteiger partial charge is 0.478 e. The number of benzene rings is 1. The van der Waals surface area contributed by atoms with Crippen molar-refractivity contribution in [2.45, 2.75) is 26.4 Å². The standard InChI is InChI=1S/C14H18F3NO2/c1-4-9(2)8-18(3)12-6-5-10(14(15,16)17)7-11(12)13(19)20/h5-7,9H,4,8H2,1-3H3,(H,19,20).